The predicted molar refractivity (Wildman–Crippen MR) is 35.8 cm³/mol. The molecule has 0 aliphatic carbocycles. The second-order valence-electron chi connectivity index (χ2n) is 2.51. The summed E-state index contributed by atoms with van der Waals surface area (Å²) in [6.07, 6.45) is 1.40. The highest BCUT2D eigenvalue weighted by atomic mass is 32.2. The van der Waals surface area contributed by atoms with Gasteiger partial charge in [0.05, 0.1) is 12.3 Å². The summed E-state index contributed by atoms with van der Waals surface area (Å²) in [4.78, 5) is 10.6. The van der Waals surface area contributed by atoms with E-state index in [-0.39, 0.29) is 11.9 Å². The van der Waals surface area contributed by atoms with Gasteiger partial charge in [-0.25, -0.2) is 12.7 Å². The molecule has 1 amide bonds. The monoisotopic (exact) mass is 163 g/mol. The number of amides is 1. The quantitative estimate of drug-likeness (QED) is 0.493. The number of carbonyl (C=O) groups is 1. The third-order valence-electron chi connectivity index (χ3n) is 1.47. The Kier molecular flexibility index (Phi) is 1.47. The number of hydrogen-bond donors (Lipinski definition) is 0. The minimum Gasteiger partial charge on any atom is -0.274 e. The third kappa shape index (κ3) is 1.01. The van der Waals surface area contributed by atoms with Gasteiger partial charge in [0.25, 0.3) is 0 Å². The van der Waals surface area contributed by atoms with E-state index in [2.05, 4.69) is 0 Å². The predicted octanol–water partition coefficient (Wildman–Crippen LogP) is -0.433. The van der Waals surface area contributed by atoms with Crippen LogP contribution in [-0.2, 0) is 14.8 Å². The Labute approximate surface area is 59.9 Å². The molecule has 1 aliphatic rings. The lowest BCUT2D eigenvalue weighted by Crippen LogP contribution is -2.53. The molecule has 0 aromatic rings. The van der Waals surface area contributed by atoms with Gasteiger partial charge in [0.1, 0.15) is 0 Å². The van der Waals surface area contributed by atoms with Gasteiger partial charge in [-0.1, -0.05) is 0 Å². The minimum absolute atomic E-state index is 0.137. The van der Waals surface area contributed by atoms with Crippen LogP contribution in [0.25, 0.3) is 0 Å². The molecule has 0 spiro atoms. The molecule has 0 N–H and O–H groups in total. The lowest BCUT2D eigenvalue weighted by Gasteiger charge is -2.35. The number of hydrogen-bond acceptors (Lipinski definition) is 3. The van der Waals surface area contributed by atoms with E-state index in [4.69, 9.17) is 0 Å². The maximum absolute atomic E-state index is 10.7. The molecular weight excluding hydrogens is 154 g/mol. The molecular formula is C5H9NO3S. The molecule has 0 radical (unpaired) electrons. The van der Waals surface area contributed by atoms with E-state index in [1.807, 2.05) is 0 Å². The van der Waals surface area contributed by atoms with Gasteiger partial charge in [0, 0.05) is 6.42 Å². The Morgan fingerprint density at radius 2 is 2.10 bits per heavy atom. The fraction of sp³-hybridized carbons (Fsp3) is 0.800. The van der Waals surface area contributed by atoms with Gasteiger partial charge in [-0.3, -0.25) is 4.79 Å². The Bertz CT molecular complexity index is 256. The lowest BCUT2D eigenvalue weighted by atomic mass is 10.1. The molecule has 1 aliphatic heterocycles. The van der Waals surface area contributed by atoms with Crippen LogP contribution in [0.5, 0.6) is 0 Å². The van der Waals surface area contributed by atoms with Crippen molar-refractivity contribution in [3.63, 3.8) is 0 Å². The van der Waals surface area contributed by atoms with Crippen molar-refractivity contribution in [3.05, 3.63) is 0 Å². The molecule has 1 saturated heterocycles. The van der Waals surface area contributed by atoms with Crippen molar-refractivity contribution in [1.29, 1.82) is 0 Å². The van der Waals surface area contributed by atoms with Crippen molar-refractivity contribution < 1.29 is 13.2 Å². The molecule has 1 fully saturated rings. The van der Waals surface area contributed by atoms with Crippen LogP contribution in [-0.4, -0.2) is 30.9 Å². The summed E-state index contributed by atoms with van der Waals surface area (Å²) in [5, 5.41) is 0. The molecule has 0 aromatic heterocycles. The highest BCUT2D eigenvalue weighted by Gasteiger charge is 2.38. The molecule has 4 nitrogen and oxygen atoms in total. The van der Waals surface area contributed by atoms with Gasteiger partial charge in [-0.15, -0.1) is 0 Å². The molecule has 10 heavy (non-hydrogen) atoms. The van der Waals surface area contributed by atoms with E-state index >= 15 is 0 Å². The number of nitrogens with zero attached hydrogens (tertiary/aromatic N) is 1. The highest BCUT2D eigenvalue weighted by Crippen LogP contribution is 2.21. The van der Waals surface area contributed by atoms with Crippen molar-refractivity contribution in [2.45, 2.75) is 19.4 Å². The standard InChI is InChI=1S/C5H9NO3S/c1-4-3-5(7)6(4)10(2,8)9/h4H,3H2,1-2H3. The fourth-order valence-electron chi connectivity index (χ4n) is 1.07. The summed E-state index contributed by atoms with van der Waals surface area (Å²) in [7, 11) is -3.28. The van der Waals surface area contributed by atoms with Crippen molar-refractivity contribution in [1.82, 2.24) is 4.31 Å². The molecule has 1 rings (SSSR count). The maximum atomic E-state index is 10.7. The first kappa shape index (κ1) is 7.53. The maximum Gasteiger partial charge on any atom is 0.238 e. The van der Waals surface area contributed by atoms with Gasteiger partial charge in [0.15, 0.2) is 0 Å². The summed E-state index contributed by atoms with van der Waals surface area (Å²) in [6.45, 7) is 1.71. The summed E-state index contributed by atoms with van der Waals surface area (Å²) in [5.74, 6) is -0.296. The van der Waals surface area contributed by atoms with Crippen LogP contribution in [0.1, 0.15) is 13.3 Å². The van der Waals surface area contributed by atoms with E-state index in [1.165, 1.54) is 0 Å². The van der Waals surface area contributed by atoms with Gasteiger partial charge in [0.2, 0.25) is 15.9 Å². The minimum atomic E-state index is -3.28. The average Bonchev–Trinajstić information content (AvgIpc) is 1.58. The number of rotatable bonds is 1. The summed E-state index contributed by atoms with van der Waals surface area (Å²) in [6, 6.07) is -0.137. The molecule has 58 valence electrons. The van der Waals surface area contributed by atoms with Crippen LogP contribution in [0.2, 0.25) is 0 Å². The van der Waals surface area contributed by atoms with Crippen molar-refractivity contribution in [2.75, 3.05) is 6.26 Å². The summed E-state index contributed by atoms with van der Waals surface area (Å²) < 4.78 is 22.4. The number of carbonyl (C=O) groups excluding carboxylic acids is 1. The molecule has 0 saturated carbocycles. The van der Waals surface area contributed by atoms with Crippen molar-refractivity contribution >= 4 is 15.9 Å². The van der Waals surface area contributed by atoms with E-state index in [0.29, 0.717) is 6.42 Å². The Balaban J connectivity index is 2.84. The Hall–Kier alpha value is -0.580. The third-order valence-corrected chi connectivity index (χ3v) is 2.75. The van der Waals surface area contributed by atoms with Gasteiger partial charge >= 0.3 is 0 Å². The molecule has 1 unspecified atom stereocenters. The zero-order valence-electron chi connectivity index (χ0n) is 5.86. The SMILES string of the molecule is CC1CC(=O)N1S(C)(=O)=O. The summed E-state index contributed by atoms with van der Waals surface area (Å²) >= 11 is 0. The Morgan fingerprint density at radius 3 is 2.20 bits per heavy atom. The molecule has 0 bridgehead atoms. The Morgan fingerprint density at radius 1 is 1.60 bits per heavy atom. The van der Waals surface area contributed by atoms with Crippen LogP contribution in [0.3, 0.4) is 0 Å². The molecule has 1 heterocycles. The highest BCUT2D eigenvalue weighted by molar-refractivity contribution is 7.89. The topological polar surface area (TPSA) is 54.5 Å². The van der Waals surface area contributed by atoms with Gasteiger partial charge < -0.3 is 0 Å². The van der Waals surface area contributed by atoms with E-state index in [0.717, 1.165) is 10.6 Å². The van der Waals surface area contributed by atoms with Crippen molar-refractivity contribution in [3.8, 4) is 0 Å². The second kappa shape index (κ2) is 1.95. The zero-order chi connectivity index (χ0) is 7.94. The number of sulfonamides is 1. The van der Waals surface area contributed by atoms with Crippen LogP contribution in [0.15, 0.2) is 0 Å². The molecule has 0 aromatic carbocycles. The largest absolute Gasteiger partial charge is 0.274 e. The normalized spacial score (nSPS) is 26.4. The molecule has 1 atom stereocenters. The van der Waals surface area contributed by atoms with E-state index in [9.17, 15) is 13.2 Å². The van der Waals surface area contributed by atoms with Crippen LogP contribution >= 0.6 is 0 Å². The average molecular weight is 163 g/mol. The smallest absolute Gasteiger partial charge is 0.238 e. The second-order valence-corrected chi connectivity index (χ2v) is 4.37. The fourth-order valence-corrected chi connectivity index (χ4v) is 2.24. The van der Waals surface area contributed by atoms with E-state index in [1.54, 1.807) is 6.92 Å². The van der Waals surface area contributed by atoms with Gasteiger partial charge in [-0.05, 0) is 6.92 Å². The van der Waals surface area contributed by atoms with Crippen LogP contribution in [0.4, 0.5) is 0 Å². The van der Waals surface area contributed by atoms with Crippen LogP contribution < -0.4 is 0 Å². The first-order chi connectivity index (χ1) is 4.43. The molecule has 5 heteroatoms. The van der Waals surface area contributed by atoms with Gasteiger partial charge in [-0.2, -0.15) is 0 Å². The number of β-lactam (4-membered cyclic amide) rings is 1. The zero-order valence-corrected chi connectivity index (χ0v) is 6.68. The first-order valence-corrected chi connectivity index (χ1v) is 4.80. The van der Waals surface area contributed by atoms with Crippen LogP contribution in [0, 0.1) is 0 Å². The van der Waals surface area contributed by atoms with Crippen molar-refractivity contribution in [2.24, 2.45) is 0 Å². The lowest BCUT2D eigenvalue weighted by molar-refractivity contribution is -0.136. The van der Waals surface area contributed by atoms with E-state index < -0.39 is 10.0 Å². The summed E-state index contributed by atoms with van der Waals surface area (Å²) in [5.41, 5.74) is 0. The first-order valence-electron chi connectivity index (χ1n) is 2.95.